The summed E-state index contributed by atoms with van der Waals surface area (Å²) < 4.78 is 32.1. The molecule has 0 spiro atoms. The molecule has 0 aromatic heterocycles. The van der Waals surface area contributed by atoms with E-state index in [1.165, 1.54) is 12.1 Å². The van der Waals surface area contributed by atoms with Gasteiger partial charge in [0.25, 0.3) is 11.4 Å². The molecule has 15 heteroatoms. The van der Waals surface area contributed by atoms with E-state index in [1.807, 2.05) is 30.3 Å². The van der Waals surface area contributed by atoms with E-state index in [9.17, 15) is 25.0 Å². The fourth-order valence-corrected chi connectivity index (χ4v) is 3.17. The van der Waals surface area contributed by atoms with Gasteiger partial charge in [0.05, 0.1) is 82.0 Å². The smallest absolute Gasteiger partial charge is 0.407 e. The summed E-state index contributed by atoms with van der Waals surface area (Å²) in [6.45, 7) is 4.56. The van der Waals surface area contributed by atoms with Crippen LogP contribution in [-0.4, -0.2) is 95.1 Å². The molecule has 2 aromatic carbocycles. The molecule has 0 unspecified atom stereocenters. The quantitative estimate of drug-likeness (QED) is 0.111. The summed E-state index contributed by atoms with van der Waals surface area (Å²) in [6, 6.07) is 12.8. The molecule has 0 saturated heterocycles. The number of ether oxygens (including phenoxy) is 6. The number of hydrogen-bond acceptors (Lipinski definition) is 12. The third-order valence-electron chi connectivity index (χ3n) is 5.17. The number of non-ortho nitro benzene ring substituents is 1. The third kappa shape index (κ3) is 15.5. The lowest BCUT2D eigenvalue weighted by molar-refractivity contribution is -0.393. The van der Waals surface area contributed by atoms with Gasteiger partial charge in [0.15, 0.2) is 0 Å². The van der Waals surface area contributed by atoms with Gasteiger partial charge in [-0.05, 0) is 11.6 Å². The van der Waals surface area contributed by atoms with Crippen LogP contribution < -0.4 is 10.6 Å². The van der Waals surface area contributed by atoms with Crippen molar-refractivity contribution in [2.45, 2.75) is 6.61 Å². The molecule has 15 nitrogen and oxygen atoms in total. The number of hydrogen-bond donors (Lipinski definition) is 2. The number of anilines is 1. The van der Waals surface area contributed by atoms with Crippen LogP contribution in [0, 0.1) is 20.2 Å². The van der Waals surface area contributed by atoms with E-state index in [-0.39, 0.29) is 36.8 Å². The van der Waals surface area contributed by atoms with Crippen LogP contribution in [-0.2, 0) is 35.0 Å². The van der Waals surface area contributed by atoms with Crippen LogP contribution in [0.4, 0.5) is 21.9 Å². The second kappa shape index (κ2) is 20.9. The van der Waals surface area contributed by atoms with Crippen molar-refractivity contribution in [3.63, 3.8) is 0 Å². The molecule has 0 radical (unpaired) electrons. The van der Waals surface area contributed by atoms with E-state index in [0.717, 1.165) is 11.6 Å². The predicted octanol–water partition coefficient (Wildman–Crippen LogP) is 2.92. The molecular weight excluding hydrogens is 544 g/mol. The van der Waals surface area contributed by atoms with Crippen LogP contribution >= 0.6 is 0 Å². The average molecular weight is 581 g/mol. The standard InChI is InChI=1S/C26H36N4O11/c31-26(41-21-22-4-2-1-3-5-22)28-9-11-37-13-15-39-17-19-40-18-16-38-14-12-36-10-8-27-24-7-6-23(29(32)33)20-25(24)30(34)35/h1-7,20,27H,8-19,21H2,(H,28,31). The van der Waals surface area contributed by atoms with Crippen molar-refractivity contribution in [2.75, 3.05) is 84.5 Å². The van der Waals surface area contributed by atoms with Crippen LogP contribution in [0.15, 0.2) is 48.5 Å². The Hall–Kier alpha value is -3.89. The highest BCUT2D eigenvalue weighted by atomic mass is 16.6. The molecule has 2 rings (SSSR count). The summed E-state index contributed by atoms with van der Waals surface area (Å²) in [6.07, 6.45) is -0.494. The maximum atomic E-state index is 11.6. The van der Waals surface area contributed by atoms with Gasteiger partial charge in [0.1, 0.15) is 12.3 Å². The maximum Gasteiger partial charge on any atom is 0.407 e. The van der Waals surface area contributed by atoms with Crippen LogP contribution in [0.5, 0.6) is 0 Å². The Kier molecular flexibility index (Phi) is 17.0. The summed E-state index contributed by atoms with van der Waals surface area (Å²) in [5.41, 5.74) is 0.380. The maximum absolute atomic E-state index is 11.6. The number of nitrogens with one attached hydrogen (secondary N) is 2. The van der Waals surface area contributed by atoms with E-state index in [1.54, 1.807) is 0 Å². The Morgan fingerprint density at radius 3 is 1.76 bits per heavy atom. The number of benzene rings is 2. The molecule has 2 N–H and O–H groups in total. The minimum Gasteiger partial charge on any atom is -0.445 e. The molecule has 41 heavy (non-hydrogen) atoms. The van der Waals surface area contributed by atoms with Crippen LogP contribution in [0.25, 0.3) is 0 Å². The van der Waals surface area contributed by atoms with Gasteiger partial charge in [-0.25, -0.2) is 4.79 Å². The number of nitro benzene ring substituents is 2. The number of nitrogens with zero attached hydrogens (tertiary/aromatic N) is 2. The van der Waals surface area contributed by atoms with Gasteiger partial charge in [-0.2, -0.15) is 0 Å². The van der Waals surface area contributed by atoms with Gasteiger partial charge in [-0.15, -0.1) is 0 Å². The van der Waals surface area contributed by atoms with Crippen molar-refractivity contribution in [2.24, 2.45) is 0 Å². The highest BCUT2D eigenvalue weighted by molar-refractivity contribution is 5.67. The van der Waals surface area contributed by atoms with Gasteiger partial charge >= 0.3 is 6.09 Å². The first-order chi connectivity index (χ1) is 20.0. The fraction of sp³-hybridized carbons (Fsp3) is 0.500. The average Bonchev–Trinajstić information content (AvgIpc) is 2.97. The summed E-state index contributed by atoms with van der Waals surface area (Å²) >= 11 is 0. The molecule has 226 valence electrons. The topological polar surface area (TPSA) is 183 Å². The molecule has 0 atom stereocenters. The summed E-state index contributed by atoms with van der Waals surface area (Å²) in [5, 5.41) is 27.3. The second-order valence-electron chi connectivity index (χ2n) is 8.19. The zero-order valence-corrected chi connectivity index (χ0v) is 22.7. The third-order valence-corrected chi connectivity index (χ3v) is 5.17. The number of carbonyl (C=O) groups is 1. The van der Waals surface area contributed by atoms with Crippen molar-refractivity contribution in [3.8, 4) is 0 Å². The highest BCUT2D eigenvalue weighted by Crippen LogP contribution is 2.28. The predicted molar refractivity (Wildman–Crippen MR) is 147 cm³/mol. The minimum absolute atomic E-state index is 0.181. The van der Waals surface area contributed by atoms with Crippen LogP contribution in [0.3, 0.4) is 0 Å². The van der Waals surface area contributed by atoms with Gasteiger partial charge in [-0.1, -0.05) is 30.3 Å². The zero-order valence-electron chi connectivity index (χ0n) is 22.7. The SMILES string of the molecule is O=C(NCCOCCOCCOCCOCCOCCNc1ccc([N+](=O)[O-])cc1[N+](=O)[O-])OCc1ccccc1. The summed E-state index contributed by atoms with van der Waals surface area (Å²) in [4.78, 5) is 32.1. The molecule has 0 aliphatic carbocycles. The van der Waals surface area contributed by atoms with Gasteiger partial charge in [0.2, 0.25) is 0 Å². The molecule has 0 bridgehead atoms. The zero-order chi connectivity index (χ0) is 29.5. The van der Waals surface area contributed by atoms with Crippen molar-refractivity contribution in [1.29, 1.82) is 0 Å². The fourth-order valence-electron chi connectivity index (χ4n) is 3.17. The van der Waals surface area contributed by atoms with Crippen molar-refractivity contribution >= 4 is 23.2 Å². The number of carbonyl (C=O) groups excluding carboxylic acids is 1. The molecule has 0 aliphatic heterocycles. The van der Waals surface area contributed by atoms with E-state index in [2.05, 4.69) is 10.6 Å². The molecule has 0 fully saturated rings. The lowest BCUT2D eigenvalue weighted by atomic mass is 10.2. The number of alkyl carbamates (subject to hydrolysis) is 1. The molecule has 0 heterocycles. The molecule has 2 aromatic rings. The first kappa shape index (κ1) is 33.3. The Morgan fingerprint density at radius 1 is 0.683 bits per heavy atom. The Balaban J connectivity index is 1.31. The van der Waals surface area contributed by atoms with E-state index >= 15 is 0 Å². The lowest BCUT2D eigenvalue weighted by Gasteiger charge is -2.09. The van der Waals surface area contributed by atoms with Crippen LogP contribution in [0.2, 0.25) is 0 Å². The van der Waals surface area contributed by atoms with Gasteiger partial charge < -0.3 is 39.1 Å². The van der Waals surface area contributed by atoms with Crippen molar-refractivity contribution in [3.05, 3.63) is 74.3 Å². The molecule has 1 amide bonds. The van der Waals surface area contributed by atoms with Gasteiger partial charge in [0, 0.05) is 19.2 Å². The van der Waals surface area contributed by atoms with Crippen LogP contribution in [0.1, 0.15) is 5.56 Å². The van der Waals surface area contributed by atoms with Crippen molar-refractivity contribution in [1.82, 2.24) is 5.32 Å². The summed E-state index contributed by atoms with van der Waals surface area (Å²) in [7, 11) is 0. The first-order valence-electron chi connectivity index (χ1n) is 13.0. The van der Waals surface area contributed by atoms with E-state index in [4.69, 9.17) is 28.4 Å². The highest BCUT2D eigenvalue weighted by Gasteiger charge is 2.19. The lowest BCUT2D eigenvalue weighted by Crippen LogP contribution is -2.28. The Labute approximate surface area is 237 Å². The number of nitro groups is 2. The minimum atomic E-state index is -0.686. The molecular formula is C26H36N4O11. The number of rotatable bonds is 23. The normalized spacial score (nSPS) is 10.7. The second-order valence-corrected chi connectivity index (χ2v) is 8.19. The summed E-state index contributed by atoms with van der Waals surface area (Å²) in [5.74, 6) is 0. The molecule has 0 saturated carbocycles. The largest absolute Gasteiger partial charge is 0.445 e. The number of amides is 1. The first-order valence-corrected chi connectivity index (χ1v) is 13.0. The Bertz CT molecular complexity index is 1040. The van der Waals surface area contributed by atoms with E-state index in [0.29, 0.717) is 66.0 Å². The molecule has 0 aliphatic rings. The Morgan fingerprint density at radius 2 is 1.22 bits per heavy atom. The van der Waals surface area contributed by atoms with E-state index < -0.39 is 15.9 Å². The monoisotopic (exact) mass is 580 g/mol. The van der Waals surface area contributed by atoms with Crippen molar-refractivity contribution < 1.29 is 43.1 Å². The van der Waals surface area contributed by atoms with Gasteiger partial charge in [-0.3, -0.25) is 20.2 Å².